The molecule has 1 saturated carbocycles. The van der Waals surface area contributed by atoms with Crippen LogP contribution < -0.4 is 10.9 Å². The van der Waals surface area contributed by atoms with E-state index in [0.29, 0.717) is 6.04 Å². The van der Waals surface area contributed by atoms with Crippen LogP contribution in [0.2, 0.25) is 0 Å². The van der Waals surface area contributed by atoms with E-state index < -0.39 is 0 Å². The molecule has 3 rings (SSSR count). The number of nitrogens with one attached hydrogen (secondary N) is 2. The van der Waals surface area contributed by atoms with E-state index in [1.54, 1.807) is 43.2 Å². The van der Waals surface area contributed by atoms with Crippen molar-refractivity contribution in [2.75, 3.05) is 26.5 Å². The Hall–Kier alpha value is -2.80. The predicted octanol–water partition coefficient (Wildman–Crippen LogP) is 2.67. The van der Waals surface area contributed by atoms with E-state index in [1.807, 2.05) is 18.2 Å². The molecule has 31 heavy (non-hydrogen) atoms. The van der Waals surface area contributed by atoms with Crippen LogP contribution in [-0.2, 0) is 25.9 Å². The van der Waals surface area contributed by atoms with E-state index in [-0.39, 0.29) is 38.2 Å². The number of carbonyl (C=O) groups is 1. The van der Waals surface area contributed by atoms with Crippen LogP contribution >= 0.6 is 0 Å². The Bertz CT molecular complexity index is 920. The summed E-state index contributed by atoms with van der Waals surface area (Å²) in [6, 6.07) is 9.54. The summed E-state index contributed by atoms with van der Waals surface area (Å²) < 4.78 is 1.59. The van der Waals surface area contributed by atoms with Gasteiger partial charge >= 0.3 is 0 Å². The van der Waals surface area contributed by atoms with E-state index in [4.69, 9.17) is 5.41 Å². The summed E-state index contributed by atoms with van der Waals surface area (Å²) in [6.45, 7) is 0. The number of aromatic nitrogens is 2. The monoisotopic (exact) mass is 594 g/mol. The van der Waals surface area contributed by atoms with Gasteiger partial charge in [0.1, 0.15) is 11.5 Å². The third-order valence-electron chi connectivity index (χ3n) is 4.53. The zero-order valence-corrected chi connectivity index (χ0v) is 20.9. The largest absolute Gasteiger partial charge is 0.604 e. The maximum atomic E-state index is 11.7. The molecule has 0 unspecified atom stereocenters. The van der Waals surface area contributed by atoms with E-state index in [2.05, 4.69) is 20.8 Å². The van der Waals surface area contributed by atoms with E-state index in [0.717, 1.165) is 17.7 Å². The van der Waals surface area contributed by atoms with Gasteiger partial charge in [-0.25, -0.2) is 4.98 Å². The Morgan fingerprint density at radius 2 is 2.00 bits per heavy atom. The van der Waals surface area contributed by atoms with Crippen LogP contribution in [0.1, 0.15) is 25.7 Å². The molecule has 0 aliphatic heterocycles. The topological polar surface area (TPSA) is 118 Å². The summed E-state index contributed by atoms with van der Waals surface area (Å²) in [5, 5.41) is 13.7. The first-order valence-electron chi connectivity index (χ1n) is 9.75. The number of pyridine rings is 2. The fraction of sp³-hybridized carbons (Fsp3) is 0.381. The molecular formula is C21H28N7O2W-. The molecule has 1 fully saturated rings. The molecule has 166 valence electrons. The second-order valence-electron chi connectivity index (χ2n) is 6.97. The minimum atomic E-state index is -0.314. The average molecular weight is 594 g/mol. The smallest absolute Gasteiger partial charge is 0.271 e. The molecule has 2 aromatic rings. The summed E-state index contributed by atoms with van der Waals surface area (Å²) in [6.07, 6.45) is 9.42. The molecule has 0 saturated heterocycles. The summed E-state index contributed by atoms with van der Waals surface area (Å²) >= 11 is 0. The van der Waals surface area contributed by atoms with Crippen LogP contribution in [0.15, 0.2) is 52.6 Å². The Kier molecular flexibility index (Phi) is 11.4. The summed E-state index contributed by atoms with van der Waals surface area (Å²) in [5.41, 5.74) is 4.19. The van der Waals surface area contributed by atoms with Gasteiger partial charge in [0, 0.05) is 59.7 Å². The van der Waals surface area contributed by atoms with Gasteiger partial charge in [0.2, 0.25) is 0 Å². The predicted molar refractivity (Wildman–Crippen MR) is 120 cm³/mol. The molecule has 9 nitrogen and oxygen atoms in total. The van der Waals surface area contributed by atoms with E-state index in [1.165, 1.54) is 37.6 Å². The van der Waals surface area contributed by atoms with Crippen molar-refractivity contribution in [1.29, 1.82) is 5.41 Å². The van der Waals surface area contributed by atoms with Crippen LogP contribution in [-0.4, -0.2) is 59.5 Å². The fourth-order valence-electron chi connectivity index (χ4n) is 3.00. The van der Waals surface area contributed by atoms with Crippen molar-refractivity contribution in [2.24, 2.45) is 5.10 Å². The molecule has 1 aliphatic carbocycles. The van der Waals surface area contributed by atoms with Crippen molar-refractivity contribution in [3.63, 3.8) is 0 Å². The van der Waals surface area contributed by atoms with Crippen molar-refractivity contribution in [3.8, 4) is 5.69 Å². The Morgan fingerprint density at radius 1 is 1.29 bits per heavy atom. The second kappa shape index (κ2) is 13.5. The molecule has 0 radical (unpaired) electrons. The molecule has 2 aromatic heterocycles. The standard InChI is InChI=1S/C15H17N3O.C6H12N4O.W/c19-15-7-3-4-10-18(15)13-8-9-14(16-11-13)17-12-5-1-2-6-12;1-8-9-5(4-7)6(11)10(2)3;/h3-4,7-12H,1-2,5-6H2,(H,16,17);4H,1-3H3,(H2,7,8,11);/p-1. The summed E-state index contributed by atoms with van der Waals surface area (Å²) in [7, 11) is 4.64. The van der Waals surface area contributed by atoms with Crippen LogP contribution in [0.5, 0.6) is 0 Å². The van der Waals surface area contributed by atoms with Gasteiger partial charge in [-0.15, -0.1) is 7.05 Å². The number of nitrogens with zero attached hydrogens (tertiary/aromatic N) is 5. The van der Waals surface area contributed by atoms with Crippen molar-refractivity contribution < 1.29 is 25.9 Å². The minimum Gasteiger partial charge on any atom is -0.604 e. The van der Waals surface area contributed by atoms with Gasteiger partial charge in [0.05, 0.1) is 11.9 Å². The molecular weight excluding hydrogens is 566 g/mol. The van der Waals surface area contributed by atoms with Gasteiger partial charge < -0.3 is 26.2 Å². The van der Waals surface area contributed by atoms with Crippen molar-refractivity contribution in [1.82, 2.24) is 14.5 Å². The molecule has 2 N–H and O–H groups in total. The van der Waals surface area contributed by atoms with Gasteiger partial charge in [-0.1, -0.05) is 18.9 Å². The third-order valence-corrected chi connectivity index (χ3v) is 4.53. The Balaban J connectivity index is 0.000000349. The van der Waals surface area contributed by atoms with Gasteiger partial charge in [-0.05, 0) is 31.0 Å². The fourth-order valence-corrected chi connectivity index (χ4v) is 3.00. The molecule has 2 heterocycles. The zero-order valence-electron chi connectivity index (χ0n) is 18.0. The number of rotatable bonds is 6. The molecule has 1 amide bonds. The Morgan fingerprint density at radius 3 is 2.52 bits per heavy atom. The van der Waals surface area contributed by atoms with Gasteiger partial charge in [-0.2, -0.15) is 0 Å². The molecule has 1 aliphatic rings. The maximum absolute atomic E-state index is 11.7. The number of hydrogen-bond donors (Lipinski definition) is 2. The van der Waals surface area contributed by atoms with Gasteiger partial charge in [-0.3, -0.25) is 14.2 Å². The molecule has 0 bridgehead atoms. The number of anilines is 1. The quantitative estimate of drug-likeness (QED) is 0.395. The van der Waals surface area contributed by atoms with Crippen LogP contribution in [0, 0.1) is 5.41 Å². The van der Waals surface area contributed by atoms with Crippen molar-refractivity contribution in [2.45, 2.75) is 31.7 Å². The second-order valence-corrected chi connectivity index (χ2v) is 6.97. The first-order chi connectivity index (χ1) is 14.5. The first-order valence-corrected chi connectivity index (χ1v) is 9.75. The van der Waals surface area contributed by atoms with E-state index >= 15 is 0 Å². The van der Waals surface area contributed by atoms with Crippen LogP contribution in [0.4, 0.5) is 5.82 Å². The number of amides is 1. The zero-order chi connectivity index (χ0) is 21.9. The van der Waals surface area contributed by atoms with Gasteiger partial charge in [0.15, 0.2) is 0 Å². The van der Waals surface area contributed by atoms with E-state index in [9.17, 15) is 9.59 Å². The number of carbonyl (C=O) groups excluding carboxylic acids is 1. The minimum absolute atomic E-state index is 0. The molecule has 10 heteroatoms. The Labute approximate surface area is 196 Å². The summed E-state index contributed by atoms with van der Waals surface area (Å²) in [5.74, 6) is 0.574. The maximum Gasteiger partial charge on any atom is 0.271 e. The molecule has 0 atom stereocenters. The van der Waals surface area contributed by atoms with Gasteiger partial charge in [0.25, 0.3) is 11.5 Å². The van der Waals surface area contributed by atoms with Crippen molar-refractivity contribution >= 4 is 23.7 Å². The van der Waals surface area contributed by atoms with Crippen molar-refractivity contribution in [3.05, 3.63) is 58.5 Å². The normalized spacial score (nSPS) is 13.3. The first kappa shape index (κ1) is 26.2. The third kappa shape index (κ3) is 8.09. The van der Waals surface area contributed by atoms with Crippen LogP contribution in [0.25, 0.3) is 11.1 Å². The number of hydrogen-bond acceptors (Lipinski definition) is 6. The molecule has 0 aromatic carbocycles. The summed E-state index contributed by atoms with van der Waals surface area (Å²) in [4.78, 5) is 28.5. The van der Waals surface area contributed by atoms with Crippen LogP contribution in [0.3, 0.4) is 0 Å². The average Bonchev–Trinajstić information content (AvgIpc) is 3.26. The SMILES string of the molecule is C[N-]/N=C(/C=N)C(=O)N(C)C.O=c1ccccn1-c1ccc(NC2CCCC2)nc1.[W]. The molecule has 0 spiro atoms.